The largest absolute Gasteiger partial charge is 0.481 e. The summed E-state index contributed by atoms with van der Waals surface area (Å²) in [5.41, 5.74) is 0. The zero-order chi connectivity index (χ0) is 12.7. The van der Waals surface area contributed by atoms with Gasteiger partial charge in [0.1, 0.15) is 0 Å². The Morgan fingerprint density at radius 3 is 2.82 bits per heavy atom. The van der Waals surface area contributed by atoms with Crippen LogP contribution in [0.3, 0.4) is 0 Å². The van der Waals surface area contributed by atoms with Crippen molar-refractivity contribution in [3.63, 3.8) is 0 Å². The fraction of sp³-hybridized carbons (Fsp3) is 0.833. The number of carboxylic acid groups (broad SMARTS) is 1. The maximum Gasteiger partial charge on any atom is 0.303 e. The molecule has 1 amide bonds. The molecule has 98 valence electrons. The molecule has 0 aliphatic carbocycles. The Labute approximate surface area is 102 Å². The topological polar surface area (TPSA) is 66.8 Å². The summed E-state index contributed by atoms with van der Waals surface area (Å²) in [5, 5.41) is 8.51. The number of nitrogens with zero attached hydrogens (tertiary/aromatic N) is 1. The highest BCUT2D eigenvalue weighted by molar-refractivity contribution is 5.76. The molecule has 0 radical (unpaired) electrons. The third kappa shape index (κ3) is 5.68. The number of amides is 1. The van der Waals surface area contributed by atoms with E-state index in [0.29, 0.717) is 31.9 Å². The molecular formula is C12H21NO4. The molecule has 1 rings (SSSR count). The lowest BCUT2D eigenvalue weighted by Gasteiger charge is -2.24. The van der Waals surface area contributed by atoms with Gasteiger partial charge >= 0.3 is 5.97 Å². The van der Waals surface area contributed by atoms with Gasteiger partial charge in [0.05, 0.1) is 0 Å². The molecule has 0 saturated carbocycles. The van der Waals surface area contributed by atoms with Gasteiger partial charge in [-0.15, -0.1) is 0 Å². The summed E-state index contributed by atoms with van der Waals surface area (Å²) in [4.78, 5) is 23.8. The van der Waals surface area contributed by atoms with Crippen molar-refractivity contribution in [1.29, 1.82) is 0 Å². The quantitative estimate of drug-likeness (QED) is 0.759. The fourth-order valence-electron chi connectivity index (χ4n) is 1.96. The molecule has 5 heteroatoms. The standard InChI is InChI=1S/C12H21NO4/c1-13(6-2-5-12(15)16)11(14)8-10-4-3-7-17-9-10/h10H,2-9H2,1H3,(H,15,16). The minimum Gasteiger partial charge on any atom is -0.481 e. The maximum absolute atomic E-state index is 11.8. The predicted octanol–water partition coefficient (Wildman–Crippen LogP) is 1.13. The van der Waals surface area contributed by atoms with Crippen molar-refractivity contribution in [2.45, 2.75) is 32.1 Å². The molecule has 1 saturated heterocycles. The van der Waals surface area contributed by atoms with E-state index in [9.17, 15) is 9.59 Å². The molecule has 0 aromatic heterocycles. The van der Waals surface area contributed by atoms with E-state index in [0.717, 1.165) is 19.4 Å². The number of carboxylic acids is 1. The molecule has 1 fully saturated rings. The first-order valence-electron chi connectivity index (χ1n) is 6.13. The Hall–Kier alpha value is -1.10. The molecule has 1 aliphatic rings. The maximum atomic E-state index is 11.8. The lowest BCUT2D eigenvalue weighted by molar-refractivity contribution is -0.138. The van der Waals surface area contributed by atoms with Crippen LogP contribution in [0.4, 0.5) is 0 Å². The number of hydrogen-bond donors (Lipinski definition) is 1. The van der Waals surface area contributed by atoms with Gasteiger partial charge in [-0.1, -0.05) is 0 Å². The van der Waals surface area contributed by atoms with Crippen LogP contribution in [0.1, 0.15) is 32.1 Å². The zero-order valence-corrected chi connectivity index (χ0v) is 10.4. The Bertz CT molecular complexity index is 261. The molecule has 1 heterocycles. The van der Waals surface area contributed by atoms with Gasteiger partial charge in [-0.2, -0.15) is 0 Å². The van der Waals surface area contributed by atoms with Gasteiger partial charge in [-0.05, 0) is 25.2 Å². The predicted molar refractivity (Wildman–Crippen MR) is 62.7 cm³/mol. The summed E-state index contributed by atoms with van der Waals surface area (Å²) in [6.45, 7) is 1.99. The first-order chi connectivity index (χ1) is 8.09. The summed E-state index contributed by atoms with van der Waals surface area (Å²) < 4.78 is 5.33. The van der Waals surface area contributed by atoms with E-state index in [-0.39, 0.29) is 12.3 Å². The molecule has 0 bridgehead atoms. The van der Waals surface area contributed by atoms with Crippen LogP contribution < -0.4 is 0 Å². The van der Waals surface area contributed by atoms with Crippen molar-refractivity contribution in [3.8, 4) is 0 Å². The molecule has 1 atom stereocenters. The number of rotatable bonds is 6. The second-order valence-electron chi connectivity index (χ2n) is 4.60. The van der Waals surface area contributed by atoms with Crippen LogP contribution in [0.5, 0.6) is 0 Å². The van der Waals surface area contributed by atoms with Crippen molar-refractivity contribution < 1.29 is 19.4 Å². The third-order valence-corrected chi connectivity index (χ3v) is 3.03. The van der Waals surface area contributed by atoms with E-state index in [1.165, 1.54) is 0 Å². The molecule has 5 nitrogen and oxygen atoms in total. The van der Waals surface area contributed by atoms with Gasteiger partial charge in [0, 0.05) is 39.6 Å². The normalized spacial score (nSPS) is 19.9. The van der Waals surface area contributed by atoms with Crippen molar-refractivity contribution >= 4 is 11.9 Å². The average Bonchev–Trinajstić information content (AvgIpc) is 2.29. The smallest absolute Gasteiger partial charge is 0.303 e. The highest BCUT2D eigenvalue weighted by Gasteiger charge is 2.19. The Morgan fingerprint density at radius 2 is 2.24 bits per heavy atom. The van der Waals surface area contributed by atoms with E-state index < -0.39 is 5.97 Å². The van der Waals surface area contributed by atoms with Crippen molar-refractivity contribution in [3.05, 3.63) is 0 Å². The number of carbonyl (C=O) groups is 2. The molecule has 1 unspecified atom stereocenters. The van der Waals surface area contributed by atoms with Crippen LogP contribution in [-0.2, 0) is 14.3 Å². The second kappa shape index (κ2) is 7.27. The Morgan fingerprint density at radius 1 is 1.47 bits per heavy atom. The Balaban J connectivity index is 2.18. The Kier molecular flexibility index (Phi) is 5.97. The molecule has 17 heavy (non-hydrogen) atoms. The van der Waals surface area contributed by atoms with Crippen LogP contribution in [0.15, 0.2) is 0 Å². The van der Waals surface area contributed by atoms with Gasteiger partial charge in [0.2, 0.25) is 5.91 Å². The first-order valence-corrected chi connectivity index (χ1v) is 6.13. The molecular weight excluding hydrogens is 222 g/mol. The lowest BCUT2D eigenvalue weighted by atomic mass is 9.98. The number of carbonyl (C=O) groups excluding carboxylic acids is 1. The lowest BCUT2D eigenvalue weighted by Crippen LogP contribution is -2.31. The average molecular weight is 243 g/mol. The van der Waals surface area contributed by atoms with Crippen molar-refractivity contribution in [1.82, 2.24) is 4.90 Å². The van der Waals surface area contributed by atoms with Crippen molar-refractivity contribution in [2.24, 2.45) is 5.92 Å². The van der Waals surface area contributed by atoms with Gasteiger partial charge in [-0.25, -0.2) is 0 Å². The van der Waals surface area contributed by atoms with Gasteiger partial charge < -0.3 is 14.7 Å². The summed E-state index contributed by atoms with van der Waals surface area (Å²) >= 11 is 0. The molecule has 1 N–H and O–H groups in total. The van der Waals surface area contributed by atoms with Crippen LogP contribution >= 0.6 is 0 Å². The number of hydrogen-bond acceptors (Lipinski definition) is 3. The van der Waals surface area contributed by atoms with E-state index in [2.05, 4.69) is 0 Å². The van der Waals surface area contributed by atoms with E-state index in [1.54, 1.807) is 11.9 Å². The number of ether oxygens (including phenoxy) is 1. The van der Waals surface area contributed by atoms with Crippen LogP contribution in [-0.4, -0.2) is 48.7 Å². The zero-order valence-electron chi connectivity index (χ0n) is 10.4. The van der Waals surface area contributed by atoms with Crippen molar-refractivity contribution in [2.75, 3.05) is 26.8 Å². The highest BCUT2D eigenvalue weighted by atomic mass is 16.5. The van der Waals surface area contributed by atoms with Gasteiger partial charge in [0.15, 0.2) is 0 Å². The van der Waals surface area contributed by atoms with Crippen LogP contribution in [0, 0.1) is 5.92 Å². The third-order valence-electron chi connectivity index (χ3n) is 3.03. The minimum atomic E-state index is -0.813. The summed E-state index contributed by atoms with van der Waals surface area (Å²) in [6.07, 6.45) is 3.22. The summed E-state index contributed by atoms with van der Waals surface area (Å²) in [7, 11) is 1.73. The number of aliphatic carboxylic acids is 1. The highest BCUT2D eigenvalue weighted by Crippen LogP contribution is 2.17. The molecule has 0 aromatic rings. The summed E-state index contributed by atoms with van der Waals surface area (Å²) in [5.74, 6) is -0.393. The van der Waals surface area contributed by atoms with Gasteiger partial charge in [-0.3, -0.25) is 9.59 Å². The first kappa shape index (κ1) is 14.0. The minimum absolute atomic E-state index is 0.0888. The SMILES string of the molecule is CN(CCCC(=O)O)C(=O)CC1CCCOC1. The summed E-state index contributed by atoms with van der Waals surface area (Å²) in [6, 6.07) is 0. The second-order valence-corrected chi connectivity index (χ2v) is 4.60. The molecule has 0 aromatic carbocycles. The monoisotopic (exact) mass is 243 g/mol. The van der Waals surface area contributed by atoms with Gasteiger partial charge in [0.25, 0.3) is 0 Å². The van der Waals surface area contributed by atoms with Crippen LogP contribution in [0.25, 0.3) is 0 Å². The van der Waals surface area contributed by atoms with Crippen LogP contribution in [0.2, 0.25) is 0 Å². The molecule has 1 aliphatic heterocycles. The van der Waals surface area contributed by atoms with E-state index in [1.807, 2.05) is 0 Å². The van der Waals surface area contributed by atoms with E-state index in [4.69, 9.17) is 9.84 Å². The van der Waals surface area contributed by atoms with E-state index >= 15 is 0 Å². The molecule has 0 spiro atoms. The fourth-order valence-corrected chi connectivity index (χ4v) is 1.96.